The minimum atomic E-state index is -0.307. The first-order valence-electron chi connectivity index (χ1n) is 9.92. The summed E-state index contributed by atoms with van der Waals surface area (Å²) >= 11 is 0. The molecule has 1 aliphatic carbocycles. The van der Waals surface area contributed by atoms with Gasteiger partial charge in [0.05, 0.1) is 5.92 Å². The quantitative estimate of drug-likeness (QED) is 0.768. The second-order valence-electron chi connectivity index (χ2n) is 8.34. The average Bonchev–Trinajstić information content (AvgIpc) is 3.42. The lowest BCUT2D eigenvalue weighted by molar-refractivity contribution is -0.157. The minimum absolute atomic E-state index is 0.0252. The molecule has 0 radical (unpaired) electrons. The molecule has 0 aromatic heterocycles. The first kappa shape index (κ1) is 19.0. The fourth-order valence-electron chi connectivity index (χ4n) is 4.02. The van der Waals surface area contributed by atoms with Crippen molar-refractivity contribution in [2.24, 2.45) is 17.8 Å². The predicted octanol–water partition coefficient (Wildman–Crippen LogP) is 1.62. The molecule has 3 fully saturated rings. The average molecular weight is 365 g/mol. The summed E-state index contributed by atoms with van der Waals surface area (Å²) < 4.78 is 5.29. The zero-order chi connectivity index (χ0) is 18.7. The Bertz CT molecular complexity index is 531. The molecule has 7 heteroatoms. The number of amides is 3. The maximum Gasteiger partial charge on any atom is 0.317 e. The molecular weight excluding hydrogens is 334 g/mol. The zero-order valence-corrected chi connectivity index (χ0v) is 15.9. The van der Waals surface area contributed by atoms with Gasteiger partial charge in [-0.3, -0.25) is 9.59 Å². The Morgan fingerprint density at radius 3 is 2.15 bits per heavy atom. The number of rotatable bonds is 4. The maximum atomic E-state index is 12.3. The highest BCUT2D eigenvalue weighted by atomic mass is 16.5. The summed E-state index contributed by atoms with van der Waals surface area (Å²) in [4.78, 5) is 40.2. The molecule has 3 amide bonds. The fourth-order valence-corrected chi connectivity index (χ4v) is 4.02. The smallest absolute Gasteiger partial charge is 0.317 e. The molecule has 26 heavy (non-hydrogen) atoms. The van der Waals surface area contributed by atoms with Crippen LogP contribution in [0.1, 0.15) is 46.0 Å². The van der Waals surface area contributed by atoms with Gasteiger partial charge in [-0.1, -0.05) is 13.8 Å². The maximum absolute atomic E-state index is 12.3. The van der Waals surface area contributed by atoms with Crippen LogP contribution in [0.2, 0.25) is 0 Å². The van der Waals surface area contributed by atoms with Crippen LogP contribution >= 0.6 is 0 Å². The number of likely N-dealkylation sites (tertiary alicyclic amines) is 2. The summed E-state index contributed by atoms with van der Waals surface area (Å²) in [5.74, 6) is 0.359. The highest BCUT2D eigenvalue weighted by molar-refractivity contribution is 5.81. The summed E-state index contributed by atoms with van der Waals surface area (Å²) in [6.45, 7) is 6.75. The van der Waals surface area contributed by atoms with Gasteiger partial charge < -0.3 is 19.9 Å². The van der Waals surface area contributed by atoms with Gasteiger partial charge in [-0.05, 0) is 43.9 Å². The molecule has 3 rings (SSSR count). The molecule has 2 unspecified atom stereocenters. The molecular formula is C19H31N3O4. The van der Waals surface area contributed by atoms with Crippen molar-refractivity contribution in [1.82, 2.24) is 15.1 Å². The Kier molecular flexibility index (Phi) is 6.04. The van der Waals surface area contributed by atoms with Crippen LogP contribution in [-0.2, 0) is 14.3 Å². The lowest BCUT2D eigenvalue weighted by atomic mass is 9.92. The number of piperidine rings is 2. The molecule has 0 bridgehead atoms. The molecule has 1 N–H and O–H groups in total. The van der Waals surface area contributed by atoms with E-state index < -0.39 is 0 Å². The van der Waals surface area contributed by atoms with Crippen molar-refractivity contribution in [2.75, 3.05) is 32.8 Å². The van der Waals surface area contributed by atoms with Crippen molar-refractivity contribution in [3.63, 3.8) is 0 Å². The molecule has 2 heterocycles. The van der Waals surface area contributed by atoms with E-state index in [1.54, 1.807) is 4.90 Å². The zero-order valence-electron chi connectivity index (χ0n) is 15.9. The molecule has 0 spiro atoms. The standard InChI is InChI=1S/C19H31N3O4/c1-13-9-14(2)11-22(10-13)17(23)12-26-18(24)15-5-7-21(8-6-15)19(25)20-16-3-4-16/h13-16H,3-12H2,1-2H3,(H,20,25). The monoisotopic (exact) mass is 365 g/mol. The van der Waals surface area contributed by atoms with E-state index in [1.807, 2.05) is 4.90 Å². The Morgan fingerprint density at radius 2 is 1.58 bits per heavy atom. The van der Waals surface area contributed by atoms with E-state index in [1.165, 1.54) is 0 Å². The van der Waals surface area contributed by atoms with Crippen molar-refractivity contribution >= 4 is 17.9 Å². The molecule has 7 nitrogen and oxygen atoms in total. The SMILES string of the molecule is CC1CC(C)CN(C(=O)COC(=O)C2CCN(C(=O)NC3CC3)CC2)C1. The van der Waals surface area contributed by atoms with Crippen LogP contribution in [0.15, 0.2) is 0 Å². The van der Waals surface area contributed by atoms with Gasteiger partial charge >= 0.3 is 12.0 Å². The topological polar surface area (TPSA) is 79.0 Å². The second kappa shape index (κ2) is 8.27. The van der Waals surface area contributed by atoms with E-state index >= 15 is 0 Å². The van der Waals surface area contributed by atoms with Crippen molar-refractivity contribution in [3.05, 3.63) is 0 Å². The Hall–Kier alpha value is -1.79. The van der Waals surface area contributed by atoms with Crippen molar-refractivity contribution in [3.8, 4) is 0 Å². The second-order valence-corrected chi connectivity index (χ2v) is 8.34. The van der Waals surface area contributed by atoms with Gasteiger partial charge in [0.25, 0.3) is 5.91 Å². The summed E-state index contributed by atoms with van der Waals surface area (Å²) in [5, 5.41) is 2.97. The summed E-state index contributed by atoms with van der Waals surface area (Å²) in [6, 6.07) is 0.319. The van der Waals surface area contributed by atoms with Crippen molar-refractivity contribution in [1.29, 1.82) is 0 Å². The predicted molar refractivity (Wildman–Crippen MR) is 96.3 cm³/mol. The number of nitrogens with one attached hydrogen (secondary N) is 1. The van der Waals surface area contributed by atoms with Gasteiger partial charge in [0, 0.05) is 32.2 Å². The Labute approximate surface area is 155 Å². The van der Waals surface area contributed by atoms with Gasteiger partial charge in [0.15, 0.2) is 6.61 Å². The summed E-state index contributed by atoms with van der Waals surface area (Å²) in [7, 11) is 0. The first-order chi connectivity index (χ1) is 12.4. The van der Waals surface area contributed by atoms with Crippen molar-refractivity contribution in [2.45, 2.75) is 52.0 Å². The van der Waals surface area contributed by atoms with E-state index in [-0.39, 0.29) is 30.4 Å². The van der Waals surface area contributed by atoms with Crippen LogP contribution in [0.5, 0.6) is 0 Å². The third-order valence-corrected chi connectivity index (χ3v) is 5.58. The Morgan fingerprint density at radius 1 is 0.962 bits per heavy atom. The van der Waals surface area contributed by atoms with Crippen molar-refractivity contribution < 1.29 is 19.1 Å². The molecule has 3 aliphatic rings. The number of carbonyl (C=O) groups excluding carboxylic acids is 3. The minimum Gasteiger partial charge on any atom is -0.455 e. The fraction of sp³-hybridized carbons (Fsp3) is 0.842. The van der Waals surface area contributed by atoms with Crippen LogP contribution < -0.4 is 5.32 Å². The number of hydrogen-bond acceptors (Lipinski definition) is 4. The third kappa shape index (κ3) is 5.11. The van der Waals surface area contributed by atoms with Crippen LogP contribution in [-0.4, -0.2) is 66.5 Å². The number of carbonyl (C=O) groups is 3. The van der Waals surface area contributed by atoms with E-state index in [0.29, 0.717) is 43.8 Å². The van der Waals surface area contributed by atoms with Gasteiger partial charge in [-0.2, -0.15) is 0 Å². The highest BCUT2D eigenvalue weighted by Gasteiger charge is 2.32. The van der Waals surface area contributed by atoms with Gasteiger partial charge in [0.1, 0.15) is 0 Å². The van der Waals surface area contributed by atoms with Crippen LogP contribution in [0.3, 0.4) is 0 Å². The molecule has 0 aromatic carbocycles. The van der Waals surface area contributed by atoms with Gasteiger partial charge in [0.2, 0.25) is 0 Å². The number of nitrogens with zero attached hydrogens (tertiary/aromatic N) is 2. The molecule has 2 saturated heterocycles. The lowest BCUT2D eigenvalue weighted by Crippen LogP contribution is -2.47. The number of hydrogen-bond donors (Lipinski definition) is 1. The Balaban J connectivity index is 1.37. The van der Waals surface area contributed by atoms with E-state index in [9.17, 15) is 14.4 Å². The first-order valence-corrected chi connectivity index (χ1v) is 9.92. The van der Waals surface area contributed by atoms with Crippen LogP contribution in [0.25, 0.3) is 0 Å². The molecule has 2 atom stereocenters. The third-order valence-electron chi connectivity index (χ3n) is 5.58. The largest absolute Gasteiger partial charge is 0.455 e. The molecule has 146 valence electrons. The number of esters is 1. The molecule has 1 saturated carbocycles. The van der Waals surface area contributed by atoms with Gasteiger partial charge in [-0.15, -0.1) is 0 Å². The van der Waals surface area contributed by atoms with Crippen LogP contribution in [0.4, 0.5) is 4.79 Å². The number of urea groups is 1. The van der Waals surface area contributed by atoms with E-state index in [4.69, 9.17) is 4.74 Å². The highest BCUT2D eigenvalue weighted by Crippen LogP contribution is 2.23. The van der Waals surface area contributed by atoms with Gasteiger partial charge in [-0.25, -0.2) is 4.79 Å². The molecule has 2 aliphatic heterocycles. The lowest BCUT2D eigenvalue weighted by Gasteiger charge is -2.35. The molecule has 0 aromatic rings. The summed E-state index contributed by atoms with van der Waals surface area (Å²) in [5.41, 5.74) is 0. The van der Waals surface area contributed by atoms with E-state index in [2.05, 4.69) is 19.2 Å². The van der Waals surface area contributed by atoms with E-state index in [0.717, 1.165) is 32.4 Å². The number of ether oxygens (including phenoxy) is 1. The summed E-state index contributed by atoms with van der Waals surface area (Å²) in [6.07, 6.45) is 4.47. The van der Waals surface area contributed by atoms with Crippen LogP contribution in [0, 0.1) is 17.8 Å². The normalized spacial score (nSPS) is 27.2.